The summed E-state index contributed by atoms with van der Waals surface area (Å²) in [6.45, 7) is 11.2. The molecule has 0 aliphatic heterocycles. The molecule has 3 nitrogen and oxygen atoms in total. The fourth-order valence-electron chi connectivity index (χ4n) is 0.602. The number of rotatable bonds is 5. The Bertz CT molecular complexity index is 249. The van der Waals surface area contributed by atoms with Crippen molar-refractivity contribution in [2.24, 2.45) is 5.41 Å². The second-order valence-corrected chi connectivity index (χ2v) is 6.83. The molecule has 1 N–H and O–H groups in total. The number of methoxy groups -OCH3 is 1. The predicted molar refractivity (Wildman–Crippen MR) is 64.3 cm³/mol. The molecule has 0 saturated carbocycles. The third-order valence-corrected chi connectivity index (χ3v) is 2.37. The zero-order valence-electron chi connectivity index (χ0n) is 11.0. The zero-order chi connectivity index (χ0) is 13.9. The predicted octanol–water partition coefficient (Wildman–Crippen LogP) is 0.951. The first kappa shape index (κ1) is 19.8. The number of hydrogen-bond acceptors (Lipinski definition) is 2. The van der Waals surface area contributed by atoms with Crippen molar-refractivity contribution >= 4 is 14.5 Å². The Morgan fingerprint density at radius 3 is 2.29 bits per heavy atom. The standard InChI is InChI=1S/C6H10NO2.C6H11.V.W/c1-3-6(8)7-4-5-9-2;1-5-6(2,3)4;;/h1,4-5H2,2H3,(H,7,8);5H2,2-4H3;;/q2*-1;;. The van der Waals surface area contributed by atoms with E-state index in [1.807, 2.05) is 0 Å². The fraction of sp³-hybridized carbons (Fsp3) is 0.667. The van der Waals surface area contributed by atoms with Gasteiger partial charge in [0, 0.05) is 0 Å². The van der Waals surface area contributed by atoms with Crippen molar-refractivity contribution in [1.82, 2.24) is 5.32 Å². The van der Waals surface area contributed by atoms with Crippen LogP contribution in [0.25, 0.3) is 0 Å². The topological polar surface area (TPSA) is 38.3 Å². The minimum absolute atomic E-state index is 0.0768. The number of nitrogens with one attached hydrogen (secondary N) is 1. The quantitative estimate of drug-likeness (QED) is 0.505. The Labute approximate surface area is 125 Å². The first-order chi connectivity index (χ1) is 7.74. The third kappa shape index (κ3) is 19.0. The molecule has 0 radical (unpaired) electrons. The summed E-state index contributed by atoms with van der Waals surface area (Å²) in [6.07, 6.45) is 1.06. The van der Waals surface area contributed by atoms with Gasteiger partial charge in [-0.25, -0.2) is 0 Å². The molecule has 0 heterocycles. The van der Waals surface area contributed by atoms with E-state index in [4.69, 9.17) is 4.74 Å². The molecule has 17 heavy (non-hydrogen) atoms. The molecule has 0 atom stereocenters. The second-order valence-electron chi connectivity index (χ2n) is 4.57. The van der Waals surface area contributed by atoms with Crippen LogP contribution in [-0.4, -0.2) is 34.8 Å². The number of hydrogen-bond donors (Lipinski definition) is 1. The van der Waals surface area contributed by atoms with E-state index in [1.165, 1.54) is 0 Å². The van der Waals surface area contributed by atoms with Crippen LogP contribution >= 0.6 is 0 Å². The monoisotopic (exact) mass is 446 g/mol. The van der Waals surface area contributed by atoms with Crippen LogP contribution in [0.5, 0.6) is 0 Å². The molecule has 0 saturated heterocycles. The number of carbonyl (C=O) groups is 1. The zero-order valence-corrected chi connectivity index (χ0v) is 15.3. The van der Waals surface area contributed by atoms with Crippen LogP contribution in [0, 0.1) is 12.3 Å². The summed E-state index contributed by atoms with van der Waals surface area (Å²) in [6, 6.07) is 0. The average Bonchev–Trinajstić information content (AvgIpc) is 2.16. The Balaban J connectivity index is 0. The maximum absolute atomic E-state index is 10.8. The van der Waals surface area contributed by atoms with E-state index in [2.05, 4.69) is 54.7 Å². The van der Waals surface area contributed by atoms with E-state index in [-0.39, 0.29) is 5.91 Å². The van der Waals surface area contributed by atoms with Gasteiger partial charge in [0.05, 0.1) is 0 Å². The van der Waals surface area contributed by atoms with Gasteiger partial charge >= 0.3 is 126 Å². The summed E-state index contributed by atoms with van der Waals surface area (Å²) in [5.41, 5.74) is 0.424. The van der Waals surface area contributed by atoms with Gasteiger partial charge in [-0.05, 0) is 0 Å². The van der Waals surface area contributed by atoms with Gasteiger partial charge < -0.3 is 0 Å². The molecule has 0 unspecified atom stereocenters. The van der Waals surface area contributed by atoms with Crippen LogP contribution in [0.1, 0.15) is 27.2 Å². The third-order valence-electron chi connectivity index (χ3n) is 1.45. The van der Waals surface area contributed by atoms with Crippen molar-refractivity contribution in [2.75, 3.05) is 20.3 Å². The summed E-state index contributed by atoms with van der Waals surface area (Å²) < 4.78 is 8.39. The molecule has 0 bridgehead atoms. The van der Waals surface area contributed by atoms with Crippen LogP contribution in [0.4, 0.5) is 0 Å². The van der Waals surface area contributed by atoms with Gasteiger partial charge in [-0.15, -0.1) is 0 Å². The summed E-state index contributed by atoms with van der Waals surface area (Å²) >= 11 is 3.47. The molecule has 0 aliphatic carbocycles. The van der Waals surface area contributed by atoms with E-state index in [1.54, 1.807) is 7.11 Å². The van der Waals surface area contributed by atoms with Crippen molar-refractivity contribution in [3.8, 4) is 0 Å². The van der Waals surface area contributed by atoms with E-state index in [0.29, 0.717) is 22.5 Å². The first-order valence-corrected chi connectivity index (χ1v) is 7.41. The average molecular weight is 446 g/mol. The summed E-state index contributed by atoms with van der Waals surface area (Å²) in [7, 11) is 1.60. The maximum atomic E-state index is 10.8. The molecule has 0 rings (SSSR count). The molecule has 99 valence electrons. The van der Waals surface area contributed by atoms with Gasteiger partial charge in [0.1, 0.15) is 0 Å². The van der Waals surface area contributed by atoms with E-state index in [0.717, 1.165) is 25.8 Å². The van der Waals surface area contributed by atoms with Gasteiger partial charge in [-0.3, -0.25) is 0 Å². The number of amides is 1. The first-order valence-electron chi connectivity index (χ1n) is 5.24. The van der Waals surface area contributed by atoms with Crippen LogP contribution in [0.15, 0.2) is 0 Å². The van der Waals surface area contributed by atoms with Gasteiger partial charge in [0.2, 0.25) is 0 Å². The Kier molecular flexibility index (Phi) is 13.4. The van der Waals surface area contributed by atoms with E-state index < -0.39 is 0 Å². The van der Waals surface area contributed by atoms with Gasteiger partial charge in [-0.1, -0.05) is 0 Å². The molecule has 5 heteroatoms. The molecule has 0 aromatic rings. The van der Waals surface area contributed by atoms with Crippen molar-refractivity contribution in [2.45, 2.75) is 27.2 Å². The van der Waals surface area contributed by atoms with Crippen LogP contribution in [-0.2, 0) is 45.9 Å². The van der Waals surface area contributed by atoms with Crippen molar-refractivity contribution in [3.05, 3.63) is 6.92 Å². The summed E-state index contributed by atoms with van der Waals surface area (Å²) in [4.78, 5) is 10.8. The van der Waals surface area contributed by atoms with Crippen molar-refractivity contribution < 1.29 is 45.9 Å². The van der Waals surface area contributed by atoms with Crippen molar-refractivity contribution in [3.63, 3.8) is 0 Å². The molecule has 0 fully saturated rings. The Morgan fingerprint density at radius 2 is 2.06 bits per heavy atom. The minimum atomic E-state index is -0.0768. The SMILES string of the molecule is CC(C)(C)C[C-]=[V].[CH2-][C](=[W])C(=O)NCCOC. The molecular weight excluding hydrogens is 425 g/mol. The van der Waals surface area contributed by atoms with Gasteiger partial charge in [0.15, 0.2) is 0 Å². The molecule has 0 aliphatic rings. The molecule has 0 spiro atoms. The van der Waals surface area contributed by atoms with Crippen LogP contribution in [0.3, 0.4) is 0 Å². The number of ether oxygens (including phenoxy) is 1. The summed E-state index contributed by atoms with van der Waals surface area (Å²) in [5.74, 6) is -0.0768. The van der Waals surface area contributed by atoms with Crippen LogP contribution < -0.4 is 5.32 Å². The molecule has 0 aromatic heterocycles. The second kappa shape index (κ2) is 11.5. The van der Waals surface area contributed by atoms with Crippen LogP contribution in [0.2, 0.25) is 0 Å². The number of carbonyl (C=O) groups excluding carboxylic acids is 1. The van der Waals surface area contributed by atoms with Gasteiger partial charge in [0.25, 0.3) is 0 Å². The molecule has 1 amide bonds. The van der Waals surface area contributed by atoms with E-state index >= 15 is 0 Å². The molecular formula is C12H21NO2VW-2. The van der Waals surface area contributed by atoms with E-state index in [9.17, 15) is 4.79 Å². The fourth-order valence-corrected chi connectivity index (χ4v) is 1.60. The molecule has 0 aromatic carbocycles. The Morgan fingerprint density at radius 1 is 1.53 bits per heavy atom. The summed E-state index contributed by atoms with van der Waals surface area (Å²) in [5, 5.41) is 2.64. The van der Waals surface area contributed by atoms with Gasteiger partial charge in [-0.2, -0.15) is 0 Å². The van der Waals surface area contributed by atoms with Crippen molar-refractivity contribution in [1.29, 1.82) is 0 Å². The normalized spacial score (nSPS) is 9.88. The Hall–Kier alpha value is 0.443.